The van der Waals surface area contributed by atoms with Gasteiger partial charge in [0.25, 0.3) is 0 Å². The molecule has 0 saturated heterocycles. The van der Waals surface area contributed by atoms with Gasteiger partial charge in [-0.15, -0.1) is 0 Å². The highest BCUT2D eigenvalue weighted by Gasteiger charge is 2.14. The Labute approximate surface area is 123 Å². The highest BCUT2D eigenvalue weighted by Crippen LogP contribution is 2.24. The largest absolute Gasteiger partial charge is 0.477 e. The van der Waals surface area contributed by atoms with Crippen molar-refractivity contribution in [3.63, 3.8) is 0 Å². The van der Waals surface area contributed by atoms with E-state index in [9.17, 15) is 0 Å². The van der Waals surface area contributed by atoms with Crippen molar-refractivity contribution in [1.29, 1.82) is 0 Å². The van der Waals surface area contributed by atoms with Crippen LogP contribution in [0.15, 0.2) is 18.3 Å². The molecular formula is C17H28N2O. The van der Waals surface area contributed by atoms with Crippen LogP contribution in [0.4, 0.5) is 0 Å². The summed E-state index contributed by atoms with van der Waals surface area (Å²) in [6, 6.07) is 4.10. The minimum absolute atomic E-state index is 0.131. The first-order valence-corrected chi connectivity index (χ1v) is 7.86. The maximum Gasteiger partial charge on any atom is 0.213 e. The van der Waals surface area contributed by atoms with Crippen LogP contribution < -0.4 is 10.1 Å². The number of nitrogens with zero attached hydrogens (tertiary/aromatic N) is 1. The first-order valence-electron chi connectivity index (χ1n) is 7.86. The summed E-state index contributed by atoms with van der Waals surface area (Å²) in [6.45, 7) is 8.20. The van der Waals surface area contributed by atoms with Crippen molar-refractivity contribution in [2.45, 2.75) is 65.0 Å². The molecule has 0 aromatic carbocycles. The third-order valence-electron chi connectivity index (χ3n) is 3.81. The highest BCUT2D eigenvalue weighted by molar-refractivity contribution is 5.20. The van der Waals surface area contributed by atoms with E-state index in [1.54, 1.807) is 0 Å². The van der Waals surface area contributed by atoms with E-state index in [1.165, 1.54) is 37.7 Å². The van der Waals surface area contributed by atoms with E-state index in [-0.39, 0.29) is 5.54 Å². The zero-order valence-corrected chi connectivity index (χ0v) is 13.1. The van der Waals surface area contributed by atoms with Crippen molar-refractivity contribution in [2.75, 3.05) is 6.61 Å². The van der Waals surface area contributed by atoms with Crippen LogP contribution in [0, 0.1) is 5.92 Å². The molecule has 0 aliphatic heterocycles. The van der Waals surface area contributed by atoms with Gasteiger partial charge in [0.1, 0.15) is 0 Å². The molecule has 0 atom stereocenters. The lowest BCUT2D eigenvalue weighted by molar-refractivity contribution is 0.202. The number of aromatic nitrogens is 1. The summed E-state index contributed by atoms with van der Waals surface area (Å²) in [5, 5.41) is 3.49. The third kappa shape index (κ3) is 5.49. The van der Waals surface area contributed by atoms with Crippen molar-refractivity contribution >= 4 is 0 Å². The molecule has 2 rings (SSSR count). The highest BCUT2D eigenvalue weighted by atomic mass is 16.5. The van der Waals surface area contributed by atoms with Crippen LogP contribution in [-0.2, 0) is 6.54 Å². The molecule has 1 aliphatic rings. The van der Waals surface area contributed by atoms with Gasteiger partial charge in [0.05, 0.1) is 6.61 Å². The van der Waals surface area contributed by atoms with Gasteiger partial charge < -0.3 is 10.1 Å². The molecule has 1 aliphatic carbocycles. The molecule has 1 N–H and O–H groups in total. The Morgan fingerprint density at radius 3 is 2.70 bits per heavy atom. The van der Waals surface area contributed by atoms with Gasteiger partial charge in [-0.1, -0.05) is 19.3 Å². The van der Waals surface area contributed by atoms with Crippen LogP contribution in [0.1, 0.15) is 58.4 Å². The number of hydrogen-bond acceptors (Lipinski definition) is 3. The summed E-state index contributed by atoms with van der Waals surface area (Å²) in [7, 11) is 0. The quantitative estimate of drug-likeness (QED) is 0.885. The van der Waals surface area contributed by atoms with Crippen molar-refractivity contribution in [3.05, 3.63) is 23.9 Å². The molecule has 3 nitrogen and oxygen atoms in total. The lowest BCUT2D eigenvalue weighted by Gasteiger charge is -2.22. The van der Waals surface area contributed by atoms with Crippen molar-refractivity contribution in [2.24, 2.45) is 5.92 Å². The molecule has 1 saturated carbocycles. The monoisotopic (exact) mass is 276 g/mol. The van der Waals surface area contributed by atoms with Gasteiger partial charge in [-0.25, -0.2) is 4.98 Å². The topological polar surface area (TPSA) is 34.2 Å². The number of nitrogens with one attached hydrogen (secondary N) is 1. The summed E-state index contributed by atoms with van der Waals surface area (Å²) in [5.74, 6) is 1.49. The van der Waals surface area contributed by atoms with E-state index in [4.69, 9.17) is 4.74 Å². The van der Waals surface area contributed by atoms with Crippen molar-refractivity contribution in [3.8, 4) is 5.88 Å². The normalized spacial score (nSPS) is 17.1. The second-order valence-corrected chi connectivity index (χ2v) is 6.92. The van der Waals surface area contributed by atoms with Crippen LogP contribution in [0.5, 0.6) is 5.88 Å². The molecule has 1 aromatic rings. The molecular weight excluding hydrogens is 248 g/mol. The summed E-state index contributed by atoms with van der Waals surface area (Å²) in [6.07, 6.45) is 8.57. The van der Waals surface area contributed by atoms with Gasteiger partial charge in [-0.05, 0) is 51.2 Å². The van der Waals surface area contributed by atoms with Crippen LogP contribution in [0.25, 0.3) is 0 Å². The molecule has 0 spiro atoms. The zero-order chi connectivity index (χ0) is 14.4. The van der Waals surface area contributed by atoms with E-state index < -0.39 is 0 Å². The Morgan fingerprint density at radius 2 is 2.00 bits per heavy atom. The van der Waals surface area contributed by atoms with E-state index >= 15 is 0 Å². The van der Waals surface area contributed by atoms with Crippen LogP contribution in [0.3, 0.4) is 0 Å². The number of hydrogen-bond donors (Lipinski definition) is 1. The molecule has 1 heterocycles. The molecule has 112 valence electrons. The minimum atomic E-state index is 0.131. The lowest BCUT2D eigenvalue weighted by Crippen LogP contribution is -2.35. The van der Waals surface area contributed by atoms with Gasteiger partial charge in [-0.3, -0.25) is 0 Å². The fourth-order valence-electron chi connectivity index (χ4n) is 2.56. The van der Waals surface area contributed by atoms with E-state index in [0.717, 1.165) is 24.9 Å². The Morgan fingerprint density at radius 1 is 1.25 bits per heavy atom. The number of rotatable bonds is 5. The maximum atomic E-state index is 5.88. The first kappa shape index (κ1) is 15.3. The van der Waals surface area contributed by atoms with E-state index in [0.29, 0.717) is 0 Å². The molecule has 3 heteroatoms. The van der Waals surface area contributed by atoms with Crippen molar-refractivity contribution in [1.82, 2.24) is 10.3 Å². The van der Waals surface area contributed by atoms with Crippen LogP contribution in [-0.4, -0.2) is 17.1 Å². The molecule has 0 bridgehead atoms. The van der Waals surface area contributed by atoms with Gasteiger partial charge >= 0.3 is 0 Å². The molecule has 1 fully saturated rings. The van der Waals surface area contributed by atoms with Gasteiger partial charge in [0.15, 0.2) is 0 Å². The second-order valence-electron chi connectivity index (χ2n) is 6.92. The summed E-state index contributed by atoms with van der Waals surface area (Å²) < 4.78 is 5.88. The minimum Gasteiger partial charge on any atom is -0.477 e. The predicted octanol–water partition coefficient (Wildman–Crippen LogP) is 3.93. The fourth-order valence-corrected chi connectivity index (χ4v) is 2.56. The maximum absolute atomic E-state index is 5.88. The van der Waals surface area contributed by atoms with E-state index in [1.807, 2.05) is 12.3 Å². The average Bonchev–Trinajstić information content (AvgIpc) is 2.44. The Kier molecular flexibility index (Phi) is 5.41. The van der Waals surface area contributed by atoms with Gasteiger partial charge in [-0.2, -0.15) is 0 Å². The number of ether oxygens (including phenoxy) is 1. The molecule has 20 heavy (non-hydrogen) atoms. The third-order valence-corrected chi connectivity index (χ3v) is 3.81. The summed E-state index contributed by atoms with van der Waals surface area (Å²) in [5.41, 5.74) is 1.36. The summed E-state index contributed by atoms with van der Waals surface area (Å²) in [4.78, 5) is 4.32. The van der Waals surface area contributed by atoms with Gasteiger partial charge in [0.2, 0.25) is 5.88 Å². The SMILES string of the molecule is CC(C)(C)NCc1ccnc(OCC2CCCCC2)c1. The Hall–Kier alpha value is -1.09. The molecule has 0 amide bonds. The molecule has 0 radical (unpaired) electrons. The van der Waals surface area contributed by atoms with E-state index in [2.05, 4.69) is 37.1 Å². The first-order chi connectivity index (χ1) is 9.53. The smallest absolute Gasteiger partial charge is 0.213 e. The zero-order valence-electron chi connectivity index (χ0n) is 13.1. The Bertz CT molecular complexity index is 406. The Balaban J connectivity index is 1.82. The molecule has 0 unspecified atom stereocenters. The number of pyridine rings is 1. The van der Waals surface area contributed by atoms with Gasteiger partial charge in [0, 0.05) is 24.3 Å². The molecule has 1 aromatic heterocycles. The fraction of sp³-hybridized carbons (Fsp3) is 0.706. The van der Waals surface area contributed by atoms with Crippen LogP contribution in [0.2, 0.25) is 0 Å². The second kappa shape index (κ2) is 7.07. The lowest BCUT2D eigenvalue weighted by atomic mass is 9.90. The predicted molar refractivity (Wildman–Crippen MR) is 82.9 cm³/mol. The summed E-state index contributed by atoms with van der Waals surface area (Å²) >= 11 is 0. The van der Waals surface area contributed by atoms with Crippen molar-refractivity contribution < 1.29 is 4.74 Å². The average molecular weight is 276 g/mol. The van der Waals surface area contributed by atoms with Crippen LogP contribution >= 0.6 is 0 Å². The standard InChI is InChI=1S/C17H28N2O/c1-17(2,3)19-12-15-9-10-18-16(11-15)20-13-14-7-5-4-6-8-14/h9-11,14,19H,4-8,12-13H2,1-3H3.